The van der Waals surface area contributed by atoms with Gasteiger partial charge in [0.2, 0.25) is 0 Å². The summed E-state index contributed by atoms with van der Waals surface area (Å²) >= 11 is 0. The van der Waals surface area contributed by atoms with Crippen molar-refractivity contribution in [3.8, 4) is 0 Å². The van der Waals surface area contributed by atoms with Crippen molar-refractivity contribution in [1.82, 2.24) is 10.6 Å². The van der Waals surface area contributed by atoms with Gasteiger partial charge in [0.15, 0.2) is 0 Å². The minimum absolute atomic E-state index is 0.183. The summed E-state index contributed by atoms with van der Waals surface area (Å²) in [6, 6.07) is 6.31. The summed E-state index contributed by atoms with van der Waals surface area (Å²) < 4.78 is 13.0. The third-order valence-corrected chi connectivity index (χ3v) is 3.96. The normalized spacial score (nSPS) is 21.2. The molecule has 0 radical (unpaired) electrons. The third-order valence-electron chi connectivity index (χ3n) is 3.96. The van der Waals surface area contributed by atoms with E-state index in [0.29, 0.717) is 13.1 Å². The number of carbonyl (C=O) groups is 1. The van der Waals surface area contributed by atoms with E-state index < -0.39 is 0 Å². The van der Waals surface area contributed by atoms with E-state index in [-0.39, 0.29) is 23.9 Å². The number of nitrogens with one attached hydrogen (secondary N) is 2. The first kappa shape index (κ1) is 15.8. The fraction of sp³-hybridized carbons (Fsp3) is 0.562. The number of halogens is 1. The zero-order chi connectivity index (χ0) is 15.1. The van der Waals surface area contributed by atoms with Crippen molar-refractivity contribution >= 4 is 6.03 Å². The van der Waals surface area contributed by atoms with Crippen LogP contribution in [0.4, 0.5) is 9.18 Å². The smallest absolute Gasteiger partial charge is 0.314 e. The number of urea groups is 1. The van der Waals surface area contributed by atoms with Crippen molar-refractivity contribution < 1.29 is 14.3 Å². The largest absolute Gasteiger partial charge is 0.393 e. The lowest BCUT2D eigenvalue weighted by atomic mass is 10.1. The molecule has 1 aliphatic carbocycles. The zero-order valence-electron chi connectivity index (χ0n) is 12.1. The van der Waals surface area contributed by atoms with E-state index in [9.17, 15) is 14.3 Å². The molecule has 1 aromatic rings. The lowest BCUT2D eigenvalue weighted by molar-refractivity contribution is 0.132. The highest BCUT2D eigenvalue weighted by molar-refractivity contribution is 5.73. The number of aliphatic hydroxyl groups excluding tert-OH is 1. The van der Waals surface area contributed by atoms with Crippen LogP contribution in [0.5, 0.6) is 0 Å². The van der Waals surface area contributed by atoms with Crippen molar-refractivity contribution in [3.63, 3.8) is 0 Å². The van der Waals surface area contributed by atoms with Crippen molar-refractivity contribution in [1.29, 1.82) is 0 Å². The molecule has 2 rings (SSSR count). The first-order valence-corrected chi connectivity index (χ1v) is 7.59. The Labute approximate surface area is 124 Å². The molecule has 1 fully saturated rings. The van der Waals surface area contributed by atoms with Crippen LogP contribution in [0.25, 0.3) is 0 Å². The van der Waals surface area contributed by atoms with Crippen LogP contribution in [-0.4, -0.2) is 30.3 Å². The molecule has 4 nitrogen and oxygen atoms in total. The molecule has 116 valence electrons. The Balaban J connectivity index is 1.57. The summed E-state index contributed by atoms with van der Waals surface area (Å²) in [7, 11) is 0. The number of rotatable bonds is 6. The quantitative estimate of drug-likeness (QED) is 0.705. The van der Waals surface area contributed by atoms with Gasteiger partial charge in [-0.3, -0.25) is 0 Å². The monoisotopic (exact) mass is 294 g/mol. The van der Waals surface area contributed by atoms with E-state index in [1.54, 1.807) is 6.07 Å². The zero-order valence-corrected chi connectivity index (χ0v) is 12.1. The van der Waals surface area contributed by atoms with E-state index in [2.05, 4.69) is 10.6 Å². The molecule has 0 aromatic heterocycles. The highest BCUT2D eigenvalue weighted by Gasteiger charge is 2.25. The second kappa shape index (κ2) is 7.98. The average molecular weight is 294 g/mol. The number of benzene rings is 1. The standard InChI is InChI=1S/C16H23FN2O2/c17-14-7-1-4-12(10-14)5-3-9-18-16(21)19-11-13-6-2-8-15(13)20/h1,4,7,10,13,15,20H,2-3,5-6,8-9,11H2,(H2,18,19,21)/t13-,15+/m0/s1. The number of amides is 2. The molecular formula is C16H23FN2O2. The van der Waals surface area contributed by atoms with Gasteiger partial charge in [-0.05, 0) is 43.4 Å². The molecule has 0 saturated heterocycles. The number of carbonyl (C=O) groups excluding carboxylic acids is 1. The molecule has 0 aliphatic heterocycles. The van der Waals surface area contributed by atoms with E-state index in [4.69, 9.17) is 0 Å². The summed E-state index contributed by atoms with van der Waals surface area (Å²) in [6.07, 6.45) is 4.06. The molecule has 1 saturated carbocycles. The van der Waals surface area contributed by atoms with Crippen LogP contribution in [0.1, 0.15) is 31.2 Å². The topological polar surface area (TPSA) is 61.4 Å². The molecule has 0 heterocycles. The Bertz CT molecular complexity index is 467. The second-order valence-electron chi connectivity index (χ2n) is 5.63. The van der Waals surface area contributed by atoms with Gasteiger partial charge in [0.05, 0.1) is 6.10 Å². The Morgan fingerprint density at radius 3 is 2.90 bits per heavy atom. The highest BCUT2D eigenvalue weighted by atomic mass is 19.1. The first-order valence-electron chi connectivity index (χ1n) is 7.59. The van der Waals surface area contributed by atoms with Crippen LogP contribution >= 0.6 is 0 Å². The average Bonchev–Trinajstić information content (AvgIpc) is 2.87. The summed E-state index contributed by atoms with van der Waals surface area (Å²) in [4.78, 5) is 11.6. The first-order chi connectivity index (χ1) is 10.1. The van der Waals surface area contributed by atoms with Gasteiger partial charge in [0, 0.05) is 19.0 Å². The van der Waals surface area contributed by atoms with E-state index in [0.717, 1.165) is 37.7 Å². The Hall–Kier alpha value is -1.62. The van der Waals surface area contributed by atoms with Gasteiger partial charge < -0.3 is 15.7 Å². The molecule has 1 aromatic carbocycles. The van der Waals surface area contributed by atoms with Crippen molar-refractivity contribution in [2.24, 2.45) is 5.92 Å². The maximum Gasteiger partial charge on any atom is 0.314 e. The van der Waals surface area contributed by atoms with E-state index >= 15 is 0 Å². The number of aliphatic hydroxyl groups is 1. The van der Waals surface area contributed by atoms with Gasteiger partial charge in [-0.2, -0.15) is 0 Å². The minimum Gasteiger partial charge on any atom is -0.393 e. The molecular weight excluding hydrogens is 271 g/mol. The highest BCUT2D eigenvalue weighted by Crippen LogP contribution is 2.24. The molecule has 3 N–H and O–H groups in total. The Morgan fingerprint density at radius 2 is 2.19 bits per heavy atom. The van der Waals surface area contributed by atoms with Crippen molar-refractivity contribution in [3.05, 3.63) is 35.6 Å². The molecule has 2 atom stereocenters. The molecule has 21 heavy (non-hydrogen) atoms. The van der Waals surface area contributed by atoms with Crippen LogP contribution in [0.15, 0.2) is 24.3 Å². The SMILES string of the molecule is O=C(NCCCc1cccc(F)c1)NC[C@@H]1CCC[C@H]1O. The fourth-order valence-corrected chi connectivity index (χ4v) is 2.73. The van der Waals surface area contributed by atoms with Gasteiger partial charge >= 0.3 is 6.03 Å². The van der Waals surface area contributed by atoms with Gasteiger partial charge in [0.25, 0.3) is 0 Å². The van der Waals surface area contributed by atoms with Crippen molar-refractivity contribution in [2.45, 2.75) is 38.2 Å². The molecule has 5 heteroatoms. The Morgan fingerprint density at radius 1 is 1.33 bits per heavy atom. The number of aryl methyl sites for hydroxylation is 1. The van der Waals surface area contributed by atoms with Crippen LogP contribution in [0.2, 0.25) is 0 Å². The molecule has 1 aliphatic rings. The molecule has 0 bridgehead atoms. The second-order valence-corrected chi connectivity index (χ2v) is 5.63. The van der Waals surface area contributed by atoms with Crippen LogP contribution in [0.3, 0.4) is 0 Å². The van der Waals surface area contributed by atoms with Gasteiger partial charge in [-0.25, -0.2) is 9.18 Å². The Kier molecular flexibility index (Phi) is 5.99. The predicted octanol–water partition coefficient (Wildman–Crippen LogP) is 2.22. The van der Waals surface area contributed by atoms with E-state index in [1.807, 2.05) is 6.07 Å². The molecule has 2 amide bonds. The number of hydrogen-bond donors (Lipinski definition) is 3. The lowest BCUT2D eigenvalue weighted by Crippen LogP contribution is -2.40. The van der Waals surface area contributed by atoms with Crippen LogP contribution in [0, 0.1) is 11.7 Å². The van der Waals surface area contributed by atoms with Gasteiger partial charge in [0.1, 0.15) is 5.82 Å². The molecule has 0 unspecified atom stereocenters. The third kappa shape index (κ3) is 5.34. The van der Waals surface area contributed by atoms with Crippen molar-refractivity contribution in [2.75, 3.05) is 13.1 Å². The maximum atomic E-state index is 13.0. The summed E-state index contributed by atoms with van der Waals surface area (Å²) in [5, 5.41) is 15.2. The van der Waals surface area contributed by atoms with Gasteiger partial charge in [-0.1, -0.05) is 18.6 Å². The minimum atomic E-state index is -0.279. The molecule has 0 spiro atoms. The fourth-order valence-electron chi connectivity index (χ4n) is 2.73. The summed E-state index contributed by atoms with van der Waals surface area (Å²) in [5.74, 6) is -0.0450. The summed E-state index contributed by atoms with van der Waals surface area (Å²) in [6.45, 7) is 1.08. The summed E-state index contributed by atoms with van der Waals surface area (Å²) in [5.41, 5.74) is 0.936. The lowest BCUT2D eigenvalue weighted by Gasteiger charge is -2.15. The van der Waals surface area contributed by atoms with E-state index in [1.165, 1.54) is 12.1 Å². The predicted molar refractivity (Wildman–Crippen MR) is 79.5 cm³/mol. The van der Waals surface area contributed by atoms with Gasteiger partial charge in [-0.15, -0.1) is 0 Å². The van der Waals surface area contributed by atoms with Crippen LogP contribution in [-0.2, 0) is 6.42 Å². The number of hydrogen-bond acceptors (Lipinski definition) is 2. The van der Waals surface area contributed by atoms with Crippen LogP contribution < -0.4 is 10.6 Å². The maximum absolute atomic E-state index is 13.0.